The standard InChI is InChI=1S/C87H142O17P2/c1-5-9-13-17-21-25-29-33-37-39-40-42-46-48-52-56-60-64-68-72-85(90)98-78-83(104-87(92)74-70-66-62-58-54-50-44-36-32-28-24-20-16-12-8-4)80-102-106(95,96)100-76-81(88)75-99-105(93,94)101-79-82(103-86(91)73-69-65-61-57-53-49-43-35-31-27-23-19-15-11-7-3)77-97-84(89)71-67-63-59-55-51-47-45-41-38-34-30-26-22-18-14-10-6-2/h9-10,13-14,21-23,25-27,33-38,40,42-45,47-48,52,55,59-60,64,81-83,88H,5-8,11-12,15-20,24,28-32,39,41,46,49-51,53-54,56-58,61-63,65-80H2,1-4H3,(H,93,94)(H,95,96)/b13-9-,14-10-,25-21-,26-22-,27-23-,37-33-,38-34-,42-40-,43-35-,44-36-,47-45-,52-48-,59-55-,64-60-. The van der Waals surface area contributed by atoms with Crippen LogP contribution in [0.1, 0.15) is 297 Å². The quantitative estimate of drug-likeness (QED) is 0.0169. The third-order valence-corrected chi connectivity index (χ3v) is 18.1. The predicted molar refractivity (Wildman–Crippen MR) is 436 cm³/mol. The van der Waals surface area contributed by atoms with E-state index in [0.717, 1.165) is 148 Å². The number of carbonyl (C=O) groups excluding carboxylic acids is 4. The smallest absolute Gasteiger partial charge is 0.462 e. The molecule has 602 valence electrons. The Morgan fingerprint density at radius 2 is 0.519 bits per heavy atom. The summed E-state index contributed by atoms with van der Waals surface area (Å²) >= 11 is 0. The Bertz CT molecular complexity index is 2680. The number of rotatable bonds is 74. The molecule has 0 bridgehead atoms. The van der Waals surface area contributed by atoms with Gasteiger partial charge in [0.05, 0.1) is 26.4 Å². The lowest BCUT2D eigenvalue weighted by molar-refractivity contribution is -0.161. The van der Waals surface area contributed by atoms with Gasteiger partial charge in [-0.1, -0.05) is 281 Å². The summed E-state index contributed by atoms with van der Waals surface area (Å²) in [6, 6.07) is 0. The van der Waals surface area contributed by atoms with Crippen molar-refractivity contribution in [3.05, 3.63) is 170 Å². The molecule has 5 unspecified atom stereocenters. The van der Waals surface area contributed by atoms with E-state index in [0.29, 0.717) is 38.5 Å². The van der Waals surface area contributed by atoms with Crippen LogP contribution in [0.3, 0.4) is 0 Å². The minimum absolute atomic E-state index is 0.0283. The van der Waals surface area contributed by atoms with Crippen LogP contribution in [-0.2, 0) is 65.4 Å². The maximum Gasteiger partial charge on any atom is 0.472 e. The van der Waals surface area contributed by atoms with Crippen molar-refractivity contribution < 1.29 is 80.2 Å². The molecule has 0 heterocycles. The first kappa shape index (κ1) is 100. The number of phosphoric ester groups is 2. The van der Waals surface area contributed by atoms with E-state index in [4.69, 9.17) is 37.0 Å². The van der Waals surface area contributed by atoms with Gasteiger partial charge < -0.3 is 33.8 Å². The number of aliphatic hydroxyl groups is 1. The van der Waals surface area contributed by atoms with Gasteiger partial charge in [-0.05, 0) is 161 Å². The molecule has 0 saturated heterocycles. The van der Waals surface area contributed by atoms with Crippen LogP contribution < -0.4 is 0 Å². The minimum atomic E-state index is -5.01. The van der Waals surface area contributed by atoms with Gasteiger partial charge in [0.2, 0.25) is 0 Å². The summed E-state index contributed by atoms with van der Waals surface area (Å²) < 4.78 is 68.5. The van der Waals surface area contributed by atoms with Crippen LogP contribution in [0.25, 0.3) is 0 Å². The molecular formula is C87H142O17P2. The van der Waals surface area contributed by atoms with Gasteiger partial charge >= 0.3 is 39.5 Å². The monoisotopic (exact) mass is 1520 g/mol. The van der Waals surface area contributed by atoms with Crippen molar-refractivity contribution >= 4 is 39.5 Å². The second kappa shape index (κ2) is 77.6. The summed E-state index contributed by atoms with van der Waals surface area (Å²) in [5, 5.41) is 10.6. The van der Waals surface area contributed by atoms with Crippen molar-refractivity contribution in [2.45, 2.75) is 316 Å². The molecule has 0 amide bonds. The molecule has 0 rings (SSSR count). The second-order valence-electron chi connectivity index (χ2n) is 26.2. The zero-order valence-corrected chi connectivity index (χ0v) is 67.6. The van der Waals surface area contributed by atoms with Crippen LogP contribution >= 0.6 is 15.6 Å². The number of allylic oxidation sites excluding steroid dienone is 28. The molecule has 0 aliphatic heterocycles. The number of unbranched alkanes of at least 4 members (excludes halogenated alkanes) is 20. The van der Waals surface area contributed by atoms with Gasteiger partial charge in [-0.15, -0.1) is 0 Å². The molecule has 0 aromatic carbocycles. The molecule has 0 radical (unpaired) electrons. The Morgan fingerprint density at radius 1 is 0.274 bits per heavy atom. The molecule has 106 heavy (non-hydrogen) atoms. The number of hydrogen-bond acceptors (Lipinski definition) is 15. The summed E-state index contributed by atoms with van der Waals surface area (Å²) in [5.74, 6) is -2.38. The maximum atomic E-state index is 13.1. The first-order valence-electron chi connectivity index (χ1n) is 40.4. The highest BCUT2D eigenvalue weighted by Gasteiger charge is 2.30. The fourth-order valence-corrected chi connectivity index (χ4v) is 11.6. The van der Waals surface area contributed by atoms with E-state index < -0.39 is 97.5 Å². The molecule has 3 N–H and O–H groups in total. The number of aliphatic hydroxyl groups excluding tert-OH is 1. The van der Waals surface area contributed by atoms with Crippen molar-refractivity contribution in [2.75, 3.05) is 39.6 Å². The Kier molecular flexibility index (Phi) is 73.5. The number of phosphoric acid groups is 2. The van der Waals surface area contributed by atoms with Gasteiger partial charge in [0.25, 0.3) is 0 Å². The van der Waals surface area contributed by atoms with E-state index in [1.807, 2.05) is 30.4 Å². The SMILES string of the molecule is CC/C=C\C/C=C\C/C=C\C/C=C\C/C=C\C/C=C\CCC(=O)OCC(COP(=O)(O)OCC(O)COP(=O)(O)OCC(COC(=O)CCC/C=C\C/C=C\C/C=C\C/C=C\C/C=C\CC)OC(=O)CCCCCCC/C=C\C/C=C\CCCCC)OC(=O)CCCCCCC/C=C\CCCCCCCC. The van der Waals surface area contributed by atoms with E-state index in [1.165, 1.54) is 57.8 Å². The lowest BCUT2D eigenvalue weighted by Crippen LogP contribution is -2.30. The lowest BCUT2D eigenvalue weighted by Gasteiger charge is -2.21. The van der Waals surface area contributed by atoms with Crippen molar-refractivity contribution in [1.29, 1.82) is 0 Å². The van der Waals surface area contributed by atoms with Crippen LogP contribution in [0, 0.1) is 0 Å². The van der Waals surface area contributed by atoms with E-state index in [-0.39, 0.29) is 25.7 Å². The summed E-state index contributed by atoms with van der Waals surface area (Å²) in [5.41, 5.74) is 0. The second-order valence-corrected chi connectivity index (χ2v) is 29.1. The fourth-order valence-electron chi connectivity index (χ4n) is 10.1. The fraction of sp³-hybridized carbons (Fsp3) is 0.632. The van der Waals surface area contributed by atoms with E-state index in [1.54, 1.807) is 0 Å². The van der Waals surface area contributed by atoms with E-state index in [2.05, 4.69) is 167 Å². The summed E-state index contributed by atoms with van der Waals surface area (Å²) in [7, 11) is -10.0. The van der Waals surface area contributed by atoms with Gasteiger partial charge in [0.1, 0.15) is 19.3 Å². The molecular weight excluding hydrogens is 1380 g/mol. The third-order valence-electron chi connectivity index (χ3n) is 16.2. The molecule has 5 atom stereocenters. The summed E-state index contributed by atoms with van der Waals surface area (Å²) in [4.78, 5) is 73.0. The third kappa shape index (κ3) is 76.6. The molecule has 0 aromatic heterocycles. The zero-order chi connectivity index (χ0) is 77.4. The largest absolute Gasteiger partial charge is 0.472 e. The van der Waals surface area contributed by atoms with Gasteiger partial charge in [0, 0.05) is 25.7 Å². The number of esters is 4. The minimum Gasteiger partial charge on any atom is -0.462 e. The normalized spacial score (nSPS) is 14.7. The highest BCUT2D eigenvalue weighted by Crippen LogP contribution is 2.45. The maximum absolute atomic E-state index is 13.1. The van der Waals surface area contributed by atoms with Crippen LogP contribution in [0.5, 0.6) is 0 Å². The van der Waals surface area contributed by atoms with Gasteiger partial charge in [-0.3, -0.25) is 37.3 Å². The van der Waals surface area contributed by atoms with Crippen molar-refractivity contribution in [2.24, 2.45) is 0 Å². The average Bonchev–Trinajstić information content (AvgIpc) is 0.909. The van der Waals surface area contributed by atoms with Gasteiger partial charge in [0.15, 0.2) is 12.2 Å². The topological polar surface area (TPSA) is 237 Å². The molecule has 0 fully saturated rings. The van der Waals surface area contributed by atoms with Crippen LogP contribution in [0.15, 0.2) is 170 Å². The van der Waals surface area contributed by atoms with Crippen LogP contribution in [0.2, 0.25) is 0 Å². The summed E-state index contributed by atoms with van der Waals surface area (Å²) in [6.07, 6.45) is 92.1. The molecule has 0 aliphatic carbocycles. The first-order chi connectivity index (χ1) is 51.7. The Balaban J connectivity index is 5.51. The van der Waals surface area contributed by atoms with Crippen LogP contribution in [-0.4, -0.2) is 96.7 Å². The average molecular weight is 1520 g/mol. The number of carbonyl (C=O) groups is 4. The highest BCUT2D eigenvalue weighted by atomic mass is 31.2. The van der Waals surface area contributed by atoms with Gasteiger partial charge in [-0.25, -0.2) is 9.13 Å². The van der Waals surface area contributed by atoms with E-state index >= 15 is 0 Å². The molecule has 0 aliphatic rings. The molecule has 0 aromatic rings. The highest BCUT2D eigenvalue weighted by molar-refractivity contribution is 7.47. The van der Waals surface area contributed by atoms with Crippen molar-refractivity contribution in [1.82, 2.24) is 0 Å². The zero-order valence-electron chi connectivity index (χ0n) is 65.8. The van der Waals surface area contributed by atoms with Crippen molar-refractivity contribution in [3.8, 4) is 0 Å². The molecule has 0 saturated carbocycles. The Hall–Kier alpha value is -5.58. The van der Waals surface area contributed by atoms with E-state index in [9.17, 15) is 43.2 Å². The van der Waals surface area contributed by atoms with Gasteiger partial charge in [-0.2, -0.15) is 0 Å². The predicted octanol–water partition coefficient (Wildman–Crippen LogP) is 23.8. The van der Waals surface area contributed by atoms with Crippen molar-refractivity contribution in [3.63, 3.8) is 0 Å². The van der Waals surface area contributed by atoms with Crippen LogP contribution in [0.4, 0.5) is 0 Å². The Labute approximate surface area is 642 Å². The summed E-state index contributed by atoms with van der Waals surface area (Å²) in [6.45, 7) is 4.43. The molecule has 17 nitrogen and oxygen atoms in total. The molecule has 19 heteroatoms. The number of ether oxygens (including phenoxy) is 4. The number of hydrogen-bond donors (Lipinski definition) is 3. The lowest BCUT2D eigenvalue weighted by atomic mass is 10.1. The Morgan fingerprint density at radius 3 is 0.868 bits per heavy atom. The molecule has 0 spiro atoms. The first-order valence-corrected chi connectivity index (χ1v) is 43.4.